The van der Waals surface area contributed by atoms with Gasteiger partial charge in [0.1, 0.15) is 5.60 Å². The molecule has 0 N–H and O–H groups in total. The molecule has 1 aromatic rings. The minimum Gasteiger partial charge on any atom is -0.460 e. The van der Waals surface area contributed by atoms with Crippen molar-refractivity contribution < 1.29 is 9.53 Å². The second-order valence-electron chi connectivity index (χ2n) is 5.30. The van der Waals surface area contributed by atoms with Gasteiger partial charge in [0.2, 0.25) is 0 Å². The number of carbonyl (C=O) groups is 1. The molecule has 0 bridgehead atoms. The first-order chi connectivity index (χ1) is 8.90. The maximum atomic E-state index is 11.7. The summed E-state index contributed by atoms with van der Waals surface area (Å²) in [6.45, 7) is 7.76. The lowest BCUT2D eigenvalue weighted by Gasteiger charge is -2.20. The Labute approximate surface area is 119 Å². The quantitative estimate of drug-likeness (QED) is 0.454. The Morgan fingerprint density at radius 2 is 2.00 bits per heavy atom. The third-order valence-electron chi connectivity index (χ3n) is 2.36. The minimum atomic E-state index is -0.408. The van der Waals surface area contributed by atoms with Gasteiger partial charge in [-0.25, -0.2) is 9.97 Å². The van der Waals surface area contributed by atoms with Crippen LogP contribution in [0, 0.1) is 0 Å². The maximum Gasteiger partial charge on any atom is 0.306 e. The molecule has 0 aliphatic carbocycles. The Morgan fingerprint density at radius 3 is 2.53 bits per heavy atom. The molecule has 1 atom stereocenters. The Kier molecular flexibility index (Phi) is 6.28. The highest BCUT2D eigenvalue weighted by atomic mass is 32.2. The average Bonchev–Trinajstić information content (AvgIpc) is 2.33. The number of aromatic nitrogens is 2. The van der Waals surface area contributed by atoms with Crippen molar-refractivity contribution in [3.63, 3.8) is 0 Å². The molecule has 0 saturated carbocycles. The van der Waals surface area contributed by atoms with Gasteiger partial charge in [0.05, 0.1) is 0 Å². The van der Waals surface area contributed by atoms with Crippen LogP contribution in [-0.4, -0.2) is 26.8 Å². The molecule has 0 aromatic carbocycles. The van der Waals surface area contributed by atoms with Gasteiger partial charge in [-0.2, -0.15) is 0 Å². The second kappa shape index (κ2) is 7.48. The molecule has 4 nitrogen and oxygen atoms in total. The molecule has 0 saturated heterocycles. The number of rotatable bonds is 6. The molecule has 0 spiro atoms. The van der Waals surface area contributed by atoms with Gasteiger partial charge in [0.25, 0.3) is 0 Å². The van der Waals surface area contributed by atoms with E-state index >= 15 is 0 Å². The first kappa shape index (κ1) is 16.0. The van der Waals surface area contributed by atoms with E-state index in [1.807, 2.05) is 20.8 Å². The molecule has 0 fully saturated rings. The van der Waals surface area contributed by atoms with Gasteiger partial charge in [0.15, 0.2) is 5.16 Å². The molecule has 0 aliphatic heterocycles. The van der Waals surface area contributed by atoms with E-state index in [0.29, 0.717) is 11.7 Å². The van der Waals surface area contributed by atoms with Crippen LogP contribution in [0.1, 0.15) is 47.0 Å². The summed E-state index contributed by atoms with van der Waals surface area (Å²) < 4.78 is 5.30. The van der Waals surface area contributed by atoms with Crippen LogP contribution in [0.15, 0.2) is 23.6 Å². The fraction of sp³-hybridized carbons (Fsp3) is 0.643. The fourth-order valence-corrected chi connectivity index (χ4v) is 2.46. The Balaban J connectivity index is 2.39. The number of ether oxygens (including phenoxy) is 1. The third kappa shape index (κ3) is 7.15. The van der Waals surface area contributed by atoms with E-state index in [4.69, 9.17) is 4.74 Å². The van der Waals surface area contributed by atoms with Gasteiger partial charge in [-0.05, 0) is 39.7 Å². The molecular weight excluding hydrogens is 260 g/mol. The molecule has 106 valence electrons. The zero-order valence-corrected chi connectivity index (χ0v) is 12.9. The number of esters is 1. The van der Waals surface area contributed by atoms with E-state index < -0.39 is 5.60 Å². The predicted molar refractivity (Wildman–Crippen MR) is 77.0 cm³/mol. The Bertz CT molecular complexity index is 390. The lowest BCUT2D eigenvalue weighted by molar-refractivity contribution is -0.154. The first-order valence-electron chi connectivity index (χ1n) is 6.56. The van der Waals surface area contributed by atoms with E-state index in [2.05, 4.69) is 16.9 Å². The topological polar surface area (TPSA) is 52.1 Å². The lowest BCUT2D eigenvalue weighted by Crippen LogP contribution is -2.24. The van der Waals surface area contributed by atoms with E-state index in [-0.39, 0.29) is 5.97 Å². The van der Waals surface area contributed by atoms with Crippen LogP contribution >= 0.6 is 11.8 Å². The molecule has 1 heterocycles. The van der Waals surface area contributed by atoms with Crippen molar-refractivity contribution in [2.75, 3.05) is 0 Å². The summed E-state index contributed by atoms with van der Waals surface area (Å²) in [6.07, 6.45) is 5.67. The predicted octanol–water partition coefficient (Wildman–Crippen LogP) is 3.47. The van der Waals surface area contributed by atoms with E-state index in [1.54, 1.807) is 30.2 Å². The summed E-state index contributed by atoms with van der Waals surface area (Å²) >= 11 is 1.62. The van der Waals surface area contributed by atoms with Gasteiger partial charge in [0, 0.05) is 24.1 Å². The monoisotopic (exact) mass is 282 g/mol. The Hall–Kier alpha value is -1.10. The number of hydrogen-bond donors (Lipinski definition) is 0. The smallest absolute Gasteiger partial charge is 0.306 e. The van der Waals surface area contributed by atoms with Crippen molar-refractivity contribution in [2.45, 2.75) is 63.0 Å². The SMILES string of the molecule is CCC(CCC(=O)OC(C)(C)C)Sc1ncccn1. The second-order valence-corrected chi connectivity index (χ2v) is 6.57. The summed E-state index contributed by atoms with van der Waals surface area (Å²) in [4.78, 5) is 20.0. The molecule has 1 unspecified atom stereocenters. The van der Waals surface area contributed by atoms with Crippen LogP contribution in [0.2, 0.25) is 0 Å². The summed E-state index contributed by atoms with van der Waals surface area (Å²) in [6, 6.07) is 1.80. The van der Waals surface area contributed by atoms with Crippen LogP contribution in [-0.2, 0) is 9.53 Å². The van der Waals surface area contributed by atoms with Crippen LogP contribution in [0.25, 0.3) is 0 Å². The zero-order valence-electron chi connectivity index (χ0n) is 12.0. The molecule has 0 amide bonds. The Morgan fingerprint density at radius 1 is 1.37 bits per heavy atom. The van der Waals surface area contributed by atoms with Gasteiger partial charge in [-0.15, -0.1) is 0 Å². The summed E-state index contributed by atoms with van der Waals surface area (Å²) in [5.41, 5.74) is -0.408. The summed E-state index contributed by atoms with van der Waals surface area (Å²) in [5.74, 6) is -0.138. The molecule has 0 radical (unpaired) electrons. The van der Waals surface area contributed by atoms with Gasteiger partial charge in [-0.3, -0.25) is 4.79 Å². The molecule has 5 heteroatoms. The average molecular weight is 282 g/mol. The van der Waals surface area contributed by atoms with Crippen LogP contribution in [0.5, 0.6) is 0 Å². The number of carbonyl (C=O) groups excluding carboxylic acids is 1. The highest BCUT2D eigenvalue weighted by Crippen LogP contribution is 2.25. The summed E-state index contributed by atoms with van der Waals surface area (Å²) in [7, 11) is 0. The van der Waals surface area contributed by atoms with Gasteiger partial charge in [-0.1, -0.05) is 18.7 Å². The van der Waals surface area contributed by atoms with Crippen molar-refractivity contribution in [1.29, 1.82) is 0 Å². The molecule has 1 rings (SSSR count). The fourth-order valence-electron chi connectivity index (χ4n) is 1.51. The first-order valence-corrected chi connectivity index (χ1v) is 7.44. The number of thioether (sulfide) groups is 1. The summed E-state index contributed by atoms with van der Waals surface area (Å²) in [5, 5.41) is 1.11. The van der Waals surface area contributed by atoms with Crippen molar-refractivity contribution in [2.24, 2.45) is 0 Å². The van der Waals surface area contributed by atoms with Crippen LogP contribution in [0.3, 0.4) is 0 Å². The van der Waals surface area contributed by atoms with Crippen molar-refractivity contribution in [1.82, 2.24) is 9.97 Å². The molecule has 19 heavy (non-hydrogen) atoms. The molecular formula is C14H22N2O2S. The molecule has 1 aromatic heterocycles. The maximum absolute atomic E-state index is 11.7. The zero-order chi connectivity index (χ0) is 14.3. The number of nitrogens with zero attached hydrogens (tertiary/aromatic N) is 2. The van der Waals surface area contributed by atoms with E-state index in [0.717, 1.165) is 18.0 Å². The third-order valence-corrected chi connectivity index (χ3v) is 3.68. The van der Waals surface area contributed by atoms with E-state index in [1.165, 1.54) is 0 Å². The van der Waals surface area contributed by atoms with Crippen molar-refractivity contribution >= 4 is 17.7 Å². The minimum absolute atomic E-state index is 0.138. The van der Waals surface area contributed by atoms with Crippen LogP contribution < -0.4 is 0 Å². The van der Waals surface area contributed by atoms with Gasteiger partial charge >= 0.3 is 5.97 Å². The van der Waals surface area contributed by atoms with Crippen LogP contribution in [0.4, 0.5) is 0 Å². The van der Waals surface area contributed by atoms with Gasteiger partial charge < -0.3 is 4.74 Å². The van der Waals surface area contributed by atoms with Crippen molar-refractivity contribution in [3.8, 4) is 0 Å². The highest BCUT2D eigenvalue weighted by Gasteiger charge is 2.18. The standard InChI is InChI=1S/C14H22N2O2S/c1-5-11(19-13-15-9-6-10-16-13)7-8-12(17)18-14(2,3)4/h6,9-11H,5,7-8H2,1-4H3. The highest BCUT2D eigenvalue weighted by molar-refractivity contribution is 7.99. The number of hydrogen-bond acceptors (Lipinski definition) is 5. The van der Waals surface area contributed by atoms with E-state index in [9.17, 15) is 4.79 Å². The largest absolute Gasteiger partial charge is 0.460 e. The van der Waals surface area contributed by atoms with Crippen molar-refractivity contribution in [3.05, 3.63) is 18.5 Å². The molecule has 0 aliphatic rings. The normalized spacial score (nSPS) is 13.1. The lowest BCUT2D eigenvalue weighted by atomic mass is 10.1.